The summed E-state index contributed by atoms with van der Waals surface area (Å²) in [6, 6.07) is 0. The summed E-state index contributed by atoms with van der Waals surface area (Å²) in [6.07, 6.45) is 0. The number of nitrogens with zero attached hydrogens (tertiary/aromatic N) is 1. The lowest BCUT2D eigenvalue weighted by atomic mass is 10.2. The monoisotopic (exact) mass is 166 g/mol. The fraction of sp³-hybridized carbons (Fsp3) is 1.00. The molecule has 0 heterocycles. The van der Waals surface area contributed by atoms with Gasteiger partial charge in [0, 0.05) is 0 Å². The van der Waals surface area contributed by atoms with Crippen LogP contribution in [0.4, 0.5) is 0 Å². The van der Waals surface area contributed by atoms with Gasteiger partial charge in [-0.15, -0.1) is 0 Å². The van der Waals surface area contributed by atoms with Crippen molar-refractivity contribution in [1.82, 2.24) is 4.90 Å². The van der Waals surface area contributed by atoms with Crippen molar-refractivity contribution in [2.75, 3.05) is 26.7 Å². The Morgan fingerprint density at radius 3 is 1.45 bits per heavy atom. The molecular formula is C5H14N2O4. The minimum absolute atomic E-state index is 0.520. The van der Waals surface area contributed by atoms with Gasteiger partial charge in [-0.25, -0.2) is 4.90 Å². The van der Waals surface area contributed by atoms with E-state index in [1.165, 1.54) is 0 Å². The van der Waals surface area contributed by atoms with Gasteiger partial charge in [-0.2, -0.15) is 0 Å². The number of hydrogen-bond acceptors (Lipinski definition) is 6. The first kappa shape index (κ1) is 10.8. The predicted octanol–water partition coefficient (Wildman–Crippen LogP) is -3.17. The maximum Gasteiger partial charge on any atom is 0.120 e. The summed E-state index contributed by atoms with van der Waals surface area (Å²) in [4.78, 5) is 0.938. The van der Waals surface area contributed by atoms with Gasteiger partial charge < -0.3 is 26.2 Å². The molecule has 0 aromatic rings. The highest BCUT2D eigenvalue weighted by atomic mass is 16.3. The normalized spacial score (nSPS) is 12.5. The molecule has 0 aliphatic carbocycles. The Morgan fingerprint density at radius 1 is 1.00 bits per heavy atom. The van der Waals surface area contributed by atoms with E-state index in [0.29, 0.717) is 0 Å². The van der Waals surface area contributed by atoms with Crippen LogP contribution in [0.1, 0.15) is 0 Å². The SMILES string of the molecule is NC(CO)(CO)N(CO)CO. The highest BCUT2D eigenvalue weighted by molar-refractivity contribution is 4.80. The van der Waals surface area contributed by atoms with Crippen molar-refractivity contribution < 1.29 is 20.4 Å². The molecular weight excluding hydrogens is 152 g/mol. The van der Waals surface area contributed by atoms with E-state index in [2.05, 4.69) is 0 Å². The largest absolute Gasteiger partial charge is 0.393 e. The Morgan fingerprint density at radius 2 is 1.36 bits per heavy atom. The summed E-state index contributed by atoms with van der Waals surface area (Å²) < 4.78 is 0. The molecule has 0 saturated carbocycles. The summed E-state index contributed by atoms with van der Waals surface area (Å²) in [5.74, 6) is 0. The van der Waals surface area contributed by atoms with Crippen molar-refractivity contribution in [2.45, 2.75) is 5.66 Å². The second-order valence-electron chi connectivity index (χ2n) is 2.24. The summed E-state index contributed by atoms with van der Waals surface area (Å²) in [6.45, 7) is -2.11. The molecule has 0 atom stereocenters. The standard InChI is InChI=1S/C5H14N2O4/c6-5(1-8,2-9)7(3-10)4-11/h8-11H,1-4,6H2. The average molecular weight is 166 g/mol. The van der Waals surface area contributed by atoms with Gasteiger partial charge in [-0.1, -0.05) is 0 Å². The fourth-order valence-electron chi connectivity index (χ4n) is 0.576. The van der Waals surface area contributed by atoms with Crippen molar-refractivity contribution in [3.05, 3.63) is 0 Å². The lowest BCUT2D eigenvalue weighted by Crippen LogP contribution is -2.61. The fourth-order valence-corrected chi connectivity index (χ4v) is 0.576. The van der Waals surface area contributed by atoms with Crippen LogP contribution in [0.5, 0.6) is 0 Å². The summed E-state index contributed by atoms with van der Waals surface area (Å²) >= 11 is 0. The molecule has 0 amide bonds. The zero-order chi connectivity index (χ0) is 8.91. The molecule has 0 aromatic carbocycles. The smallest absolute Gasteiger partial charge is 0.120 e. The lowest BCUT2D eigenvalue weighted by Gasteiger charge is -2.34. The van der Waals surface area contributed by atoms with Gasteiger partial charge in [-0.3, -0.25) is 0 Å². The second-order valence-corrected chi connectivity index (χ2v) is 2.24. The van der Waals surface area contributed by atoms with Crippen LogP contribution < -0.4 is 5.73 Å². The highest BCUT2D eigenvalue weighted by Crippen LogP contribution is 2.04. The van der Waals surface area contributed by atoms with E-state index in [0.717, 1.165) is 4.90 Å². The minimum atomic E-state index is -1.45. The third-order valence-corrected chi connectivity index (χ3v) is 1.52. The van der Waals surface area contributed by atoms with Crippen LogP contribution in [-0.4, -0.2) is 57.7 Å². The Bertz CT molecular complexity index is 103. The number of nitrogens with two attached hydrogens (primary N) is 1. The van der Waals surface area contributed by atoms with E-state index in [4.69, 9.17) is 26.2 Å². The first-order chi connectivity index (χ1) is 5.14. The first-order valence-corrected chi connectivity index (χ1v) is 3.12. The maximum atomic E-state index is 8.67. The van der Waals surface area contributed by atoms with E-state index in [1.807, 2.05) is 0 Å². The minimum Gasteiger partial charge on any atom is -0.393 e. The quantitative estimate of drug-likeness (QED) is 0.275. The van der Waals surface area contributed by atoms with Gasteiger partial charge in [0.25, 0.3) is 0 Å². The van der Waals surface area contributed by atoms with E-state index in [-0.39, 0.29) is 0 Å². The van der Waals surface area contributed by atoms with E-state index in [1.54, 1.807) is 0 Å². The van der Waals surface area contributed by atoms with Crippen LogP contribution >= 0.6 is 0 Å². The Hall–Kier alpha value is -0.240. The second kappa shape index (κ2) is 4.60. The van der Waals surface area contributed by atoms with Gasteiger partial charge in [0.15, 0.2) is 0 Å². The van der Waals surface area contributed by atoms with Gasteiger partial charge in [0.1, 0.15) is 5.66 Å². The molecule has 0 radical (unpaired) electrons. The number of hydrogen-bond donors (Lipinski definition) is 5. The van der Waals surface area contributed by atoms with Crippen LogP contribution in [0.25, 0.3) is 0 Å². The van der Waals surface area contributed by atoms with E-state index in [9.17, 15) is 0 Å². The molecule has 0 saturated heterocycles. The molecule has 0 rings (SSSR count). The molecule has 0 aromatic heterocycles. The first-order valence-electron chi connectivity index (χ1n) is 3.12. The van der Waals surface area contributed by atoms with Crippen LogP contribution in [0.15, 0.2) is 0 Å². The molecule has 0 bridgehead atoms. The summed E-state index contributed by atoms with van der Waals surface area (Å²) in [5.41, 5.74) is 3.91. The number of aliphatic hydroxyl groups is 4. The highest BCUT2D eigenvalue weighted by Gasteiger charge is 2.30. The van der Waals surface area contributed by atoms with Crippen molar-refractivity contribution in [3.8, 4) is 0 Å². The van der Waals surface area contributed by atoms with Crippen LogP contribution in [-0.2, 0) is 0 Å². The molecule has 0 spiro atoms. The van der Waals surface area contributed by atoms with Crippen LogP contribution in [0.3, 0.4) is 0 Å². The van der Waals surface area contributed by atoms with Gasteiger partial charge >= 0.3 is 0 Å². The Kier molecular flexibility index (Phi) is 4.50. The average Bonchev–Trinajstić information content (AvgIpc) is 2.06. The molecule has 0 fully saturated rings. The van der Waals surface area contributed by atoms with Crippen molar-refractivity contribution >= 4 is 0 Å². The number of rotatable bonds is 5. The molecule has 0 unspecified atom stereocenters. The molecule has 11 heavy (non-hydrogen) atoms. The Balaban J connectivity index is 4.19. The topological polar surface area (TPSA) is 110 Å². The van der Waals surface area contributed by atoms with E-state index < -0.39 is 32.3 Å². The van der Waals surface area contributed by atoms with Crippen molar-refractivity contribution in [2.24, 2.45) is 5.73 Å². The van der Waals surface area contributed by atoms with Crippen molar-refractivity contribution in [3.63, 3.8) is 0 Å². The van der Waals surface area contributed by atoms with Crippen molar-refractivity contribution in [1.29, 1.82) is 0 Å². The van der Waals surface area contributed by atoms with Gasteiger partial charge in [-0.05, 0) is 0 Å². The van der Waals surface area contributed by atoms with Gasteiger partial charge in [0.2, 0.25) is 0 Å². The zero-order valence-electron chi connectivity index (χ0n) is 6.14. The molecule has 68 valence electrons. The lowest BCUT2D eigenvalue weighted by molar-refractivity contribution is -0.0922. The summed E-state index contributed by atoms with van der Waals surface area (Å²) in [5, 5.41) is 34.5. The predicted molar refractivity (Wildman–Crippen MR) is 37.1 cm³/mol. The maximum absolute atomic E-state index is 8.67. The summed E-state index contributed by atoms with van der Waals surface area (Å²) in [7, 11) is 0. The molecule has 6 N–H and O–H groups in total. The Labute approximate surface area is 64.5 Å². The molecule has 0 aliphatic heterocycles. The van der Waals surface area contributed by atoms with E-state index >= 15 is 0 Å². The zero-order valence-corrected chi connectivity index (χ0v) is 6.14. The van der Waals surface area contributed by atoms with Gasteiger partial charge in [0.05, 0.1) is 26.7 Å². The molecule has 6 heteroatoms. The van der Waals surface area contributed by atoms with Crippen LogP contribution in [0, 0.1) is 0 Å². The number of aliphatic hydroxyl groups excluding tert-OH is 4. The molecule has 0 aliphatic rings. The molecule has 6 nitrogen and oxygen atoms in total. The third kappa shape index (κ3) is 2.37. The van der Waals surface area contributed by atoms with Crippen LogP contribution in [0.2, 0.25) is 0 Å². The third-order valence-electron chi connectivity index (χ3n) is 1.52.